The van der Waals surface area contributed by atoms with Crippen molar-refractivity contribution in [2.24, 2.45) is 0 Å². The van der Waals surface area contributed by atoms with Crippen molar-refractivity contribution in [1.29, 1.82) is 0 Å². The fourth-order valence-electron chi connectivity index (χ4n) is 3.16. The standard InChI is InChI=1S/C16H21NO2/c1-19-15(18)16(8-9-16)14-4-2-12(3-5-14)13-6-10-17-11-7-13/h2-5,13,17H,6-11H2,1H3. The lowest BCUT2D eigenvalue weighted by atomic mass is 9.87. The van der Waals surface area contributed by atoms with Gasteiger partial charge >= 0.3 is 5.97 Å². The van der Waals surface area contributed by atoms with Gasteiger partial charge in [-0.3, -0.25) is 4.79 Å². The van der Waals surface area contributed by atoms with Gasteiger partial charge in [0.15, 0.2) is 0 Å². The molecule has 2 fully saturated rings. The van der Waals surface area contributed by atoms with Gasteiger partial charge in [-0.2, -0.15) is 0 Å². The van der Waals surface area contributed by atoms with Gasteiger partial charge in [0.1, 0.15) is 0 Å². The highest BCUT2D eigenvalue weighted by Gasteiger charge is 2.52. The second-order valence-corrected chi connectivity index (χ2v) is 5.72. The molecule has 1 aliphatic heterocycles. The van der Waals surface area contributed by atoms with E-state index in [0.29, 0.717) is 5.92 Å². The monoisotopic (exact) mass is 259 g/mol. The summed E-state index contributed by atoms with van der Waals surface area (Å²) in [6, 6.07) is 8.66. The van der Waals surface area contributed by atoms with Crippen molar-refractivity contribution in [1.82, 2.24) is 5.32 Å². The minimum Gasteiger partial charge on any atom is -0.468 e. The highest BCUT2D eigenvalue weighted by Crippen LogP contribution is 2.49. The molecule has 19 heavy (non-hydrogen) atoms. The quantitative estimate of drug-likeness (QED) is 0.847. The maximum atomic E-state index is 11.9. The minimum absolute atomic E-state index is 0.0814. The summed E-state index contributed by atoms with van der Waals surface area (Å²) in [4.78, 5) is 11.9. The van der Waals surface area contributed by atoms with Gasteiger partial charge in [0.05, 0.1) is 12.5 Å². The number of piperidine rings is 1. The summed E-state index contributed by atoms with van der Waals surface area (Å²) >= 11 is 0. The Morgan fingerprint density at radius 2 is 1.84 bits per heavy atom. The highest BCUT2D eigenvalue weighted by atomic mass is 16.5. The lowest BCUT2D eigenvalue weighted by molar-refractivity contribution is -0.143. The average Bonchev–Trinajstić information content (AvgIpc) is 3.29. The summed E-state index contributed by atoms with van der Waals surface area (Å²) in [5.41, 5.74) is 2.20. The van der Waals surface area contributed by atoms with Crippen molar-refractivity contribution in [3.05, 3.63) is 35.4 Å². The molecule has 2 aliphatic rings. The molecule has 0 unspecified atom stereocenters. The number of carbonyl (C=O) groups is 1. The number of carbonyl (C=O) groups excluding carboxylic acids is 1. The van der Waals surface area contributed by atoms with Crippen LogP contribution < -0.4 is 5.32 Å². The molecule has 0 atom stereocenters. The zero-order chi connectivity index (χ0) is 13.3. The predicted octanol–water partition coefficient (Wildman–Crippen LogP) is 2.36. The molecule has 1 saturated heterocycles. The number of benzene rings is 1. The van der Waals surface area contributed by atoms with Crippen molar-refractivity contribution in [2.75, 3.05) is 20.2 Å². The van der Waals surface area contributed by atoms with E-state index < -0.39 is 0 Å². The van der Waals surface area contributed by atoms with Gasteiger partial charge in [0.25, 0.3) is 0 Å². The molecule has 1 heterocycles. The van der Waals surface area contributed by atoms with E-state index in [1.807, 2.05) is 0 Å². The van der Waals surface area contributed by atoms with Crippen LogP contribution in [-0.2, 0) is 14.9 Å². The first-order valence-corrected chi connectivity index (χ1v) is 7.16. The molecule has 1 aliphatic carbocycles. The number of rotatable bonds is 3. The molecule has 3 rings (SSSR count). The number of hydrogen-bond donors (Lipinski definition) is 1. The highest BCUT2D eigenvalue weighted by molar-refractivity contribution is 5.86. The first kappa shape index (κ1) is 12.7. The van der Waals surface area contributed by atoms with Crippen molar-refractivity contribution < 1.29 is 9.53 Å². The van der Waals surface area contributed by atoms with Gasteiger partial charge in [0, 0.05) is 0 Å². The Morgan fingerprint density at radius 3 is 2.37 bits per heavy atom. The molecular weight excluding hydrogens is 238 g/mol. The molecule has 3 nitrogen and oxygen atoms in total. The third kappa shape index (κ3) is 2.27. The number of nitrogens with one attached hydrogen (secondary N) is 1. The van der Waals surface area contributed by atoms with Gasteiger partial charge in [-0.05, 0) is 55.8 Å². The maximum Gasteiger partial charge on any atom is 0.316 e. The molecule has 1 aromatic carbocycles. The molecule has 0 spiro atoms. The van der Waals surface area contributed by atoms with Crippen LogP contribution in [0.15, 0.2) is 24.3 Å². The Hall–Kier alpha value is -1.35. The molecule has 0 bridgehead atoms. The summed E-state index contributed by atoms with van der Waals surface area (Å²) in [5, 5.41) is 3.39. The normalized spacial score (nSPS) is 21.9. The van der Waals surface area contributed by atoms with Crippen LogP contribution in [0.1, 0.15) is 42.7 Å². The van der Waals surface area contributed by atoms with Crippen molar-refractivity contribution in [3.8, 4) is 0 Å². The van der Waals surface area contributed by atoms with Gasteiger partial charge in [-0.25, -0.2) is 0 Å². The van der Waals surface area contributed by atoms with Gasteiger partial charge < -0.3 is 10.1 Å². The summed E-state index contributed by atoms with van der Waals surface area (Å²) in [6.45, 7) is 2.22. The van der Waals surface area contributed by atoms with Crippen molar-refractivity contribution in [2.45, 2.75) is 37.0 Å². The Bertz CT molecular complexity index is 456. The van der Waals surface area contributed by atoms with Crippen LogP contribution in [0, 0.1) is 0 Å². The molecule has 0 aromatic heterocycles. The molecule has 1 N–H and O–H groups in total. The minimum atomic E-state index is -0.332. The fraction of sp³-hybridized carbons (Fsp3) is 0.562. The van der Waals surface area contributed by atoms with Crippen LogP contribution in [0.4, 0.5) is 0 Å². The van der Waals surface area contributed by atoms with E-state index >= 15 is 0 Å². The summed E-state index contributed by atoms with van der Waals surface area (Å²) in [6.07, 6.45) is 4.27. The van der Waals surface area contributed by atoms with Crippen molar-refractivity contribution in [3.63, 3.8) is 0 Å². The molecular formula is C16H21NO2. The van der Waals surface area contributed by atoms with E-state index in [2.05, 4.69) is 29.6 Å². The Morgan fingerprint density at radius 1 is 1.21 bits per heavy atom. The van der Waals surface area contributed by atoms with Crippen LogP contribution in [-0.4, -0.2) is 26.2 Å². The topological polar surface area (TPSA) is 38.3 Å². The molecule has 0 radical (unpaired) electrons. The van der Waals surface area contributed by atoms with Crippen LogP contribution >= 0.6 is 0 Å². The second-order valence-electron chi connectivity index (χ2n) is 5.72. The zero-order valence-electron chi connectivity index (χ0n) is 11.4. The molecule has 102 valence electrons. The van der Waals surface area contributed by atoms with Crippen LogP contribution in [0.2, 0.25) is 0 Å². The van der Waals surface area contributed by atoms with E-state index in [1.54, 1.807) is 0 Å². The lowest BCUT2D eigenvalue weighted by Gasteiger charge is -2.23. The molecule has 1 aromatic rings. The van der Waals surface area contributed by atoms with Crippen molar-refractivity contribution >= 4 is 5.97 Å². The average molecular weight is 259 g/mol. The fourth-order valence-corrected chi connectivity index (χ4v) is 3.16. The third-order valence-electron chi connectivity index (χ3n) is 4.60. The largest absolute Gasteiger partial charge is 0.468 e. The number of methoxy groups -OCH3 is 1. The van der Waals surface area contributed by atoms with Gasteiger partial charge in [0.2, 0.25) is 0 Å². The Balaban J connectivity index is 1.77. The zero-order valence-corrected chi connectivity index (χ0v) is 11.4. The van der Waals surface area contributed by atoms with Crippen LogP contribution in [0.3, 0.4) is 0 Å². The number of hydrogen-bond acceptors (Lipinski definition) is 3. The molecule has 1 saturated carbocycles. The molecule has 0 amide bonds. The smallest absolute Gasteiger partial charge is 0.316 e. The van der Waals surface area contributed by atoms with Crippen LogP contribution in [0.25, 0.3) is 0 Å². The SMILES string of the molecule is COC(=O)C1(c2ccc(C3CCNCC3)cc2)CC1. The third-order valence-corrected chi connectivity index (χ3v) is 4.60. The predicted molar refractivity (Wildman–Crippen MR) is 74.2 cm³/mol. The second kappa shape index (κ2) is 4.97. The van der Waals surface area contributed by atoms with E-state index in [-0.39, 0.29) is 11.4 Å². The Kier molecular flexibility index (Phi) is 3.31. The lowest BCUT2D eigenvalue weighted by Crippen LogP contribution is -2.26. The maximum absolute atomic E-state index is 11.9. The van der Waals surface area contributed by atoms with Gasteiger partial charge in [-0.15, -0.1) is 0 Å². The summed E-state index contributed by atoms with van der Waals surface area (Å²) in [7, 11) is 1.48. The molecule has 3 heteroatoms. The van der Waals surface area contributed by atoms with E-state index in [1.165, 1.54) is 25.5 Å². The van der Waals surface area contributed by atoms with E-state index in [0.717, 1.165) is 31.5 Å². The number of ether oxygens (including phenoxy) is 1. The summed E-state index contributed by atoms with van der Waals surface area (Å²) in [5.74, 6) is 0.589. The number of esters is 1. The first-order chi connectivity index (χ1) is 9.26. The van der Waals surface area contributed by atoms with Crippen LogP contribution in [0.5, 0.6) is 0 Å². The van der Waals surface area contributed by atoms with E-state index in [4.69, 9.17) is 4.74 Å². The summed E-state index contributed by atoms with van der Waals surface area (Å²) < 4.78 is 4.93. The first-order valence-electron chi connectivity index (χ1n) is 7.16. The Labute approximate surface area is 114 Å². The van der Waals surface area contributed by atoms with Gasteiger partial charge in [-0.1, -0.05) is 24.3 Å². The van der Waals surface area contributed by atoms with E-state index in [9.17, 15) is 4.79 Å².